The van der Waals surface area contributed by atoms with Gasteiger partial charge in [0.05, 0.1) is 6.54 Å². The molecule has 1 aromatic heterocycles. The van der Waals surface area contributed by atoms with E-state index in [4.69, 9.17) is 0 Å². The first-order chi connectivity index (χ1) is 12.6. The number of hydrogen-bond acceptors (Lipinski definition) is 4. The van der Waals surface area contributed by atoms with Gasteiger partial charge in [0.15, 0.2) is 0 Å². The fourth-order valence-electron chi connectivity index (χ4n) is 3.47. The zero-order valence-corrected chi connectivity index (χ0v) is 15.0. The van der Waals surface area contributed by atoms with Crippen LogP contribution < -0.4 is 10.6 Å². The number of nitrogens with zero attached hydrogens (tertiary/aromatic N) is 3. The van der Waals surface area contributed by atoms with Gasteiger partial charge < -0.3 is 10.6 Å². The highest BCUT2D eigenvalue weighted by Crippen LogP contribution is 2.28. The second kappa shape index (κ2) is 8.60. The third-order valence-corrected chi connectivity index (χ3v) is 4.81. The summed E-state index contributed by atoms with van der Waals surface area (Å²) in [7, 11) is 0. The van der Waals surface area contributed by atoms with Crippen LogP contribution in [-0.4, -0.2) is 32.6 Å². The highest BCUT2D eigenvalue weighted by Gasteiger charge is 2.31. The quantitative estimate of drug-likeness (QED) is 0.790. The van der Waals surface area contributed by atoms with E-state index < -0.39 is 6.04 Å². The summed E-state index contributed by atoms with van der Waals surface area (Å²) in [6, 6.07) is 7.60. The summed E-state index contributed by atoms with van der Waals surface area (Å²) in [4.78, 5) is 28.0. The highest BCUT2D eigenvalue weighted by atomic mass is 16.2. The monoisotopic (exact) mass is 355 g/mol. The molecule has 0 bridgehead atoms. The van der Waals surface area contributed by atoms with Gasteiger partial charge in [0, 0.05) is 13.5 Å². The van der Waals surface area contributed by atoms with Crippen LogP contribution in [0.5, 0.6) is 0 Å². The largest absolute Gasteiger partial charge is 0.350 e. The molecule has 1 saturated carbocycles. The lowest BCUT2D eigenvalue weighted by atomic mass is 9.97. The molecule has 3 rings (SSSR count). The Morgan fingerprint density at radius 2 is 1.88 bits per heavy atom. The topological polar surface area (TPSA) is 88.9 Å². The van der Waals surface area contributed by atoms with Gasteiger partial charge in [0.2, 0.25) is 11.8 Å². The van der Waals surface area contributed by atoms with Crippen molar-refractivity contribution in [3.63, 3.8) is 0 Å². The fourth-order valence-corrected chi connectivity index (χ4v) is 3.47. The molecule has 2 amide bonds. The van der Waals surface area contributed by atoms with Crippen LogP contribution >= 0.6 is 0 Å². The molecule has 1 aromatic carbocycles. The Labute approximate surface area is 153 Å². The molecule has 138 valence electrons. The molecule has 0 aliphatic heterocycles. The first kappa shape index (κ1) is 18.1. The third kappa shape index (κ3) is 4.91. The first-order valence-corrected chi connectivity index (χ1v) is 9.07. The molecule has 7 heteroatoms. The van der Waals surface area contributed by atoms with Crippen LogP contribution in [0, 0.1) is 5.92 Å². The van der Waals surface area contributed by atoms with Crippen molar-refractivity contribution in [2.75, 3.05) is 0 Å². The Bertz CT molecular complexity index is 721. The maximum Gasteiger partial charge on any atom is 0.243 e. The van der Waals surface area contributed by atoms with Crippen molar-refractivity contribution in [3.05, 3.63) is 48.0 Å². The van der Waals surface area contributed by atoms with Gasteiger partial charge in [-0.25, -0.2) is 9.67 Å². The van der Waals surface area contributed by atoms with E-state index in [0.717, 1.165) is 36.8 Å². The van der Waals surface area contributed by atoms with E-state index in [0.29, 0.717) is 13.1 Å². The number of carbonyl (C=O) groups is 2. The van der Waals surface area contributed by atoms with Crippen LogP contribution in [0.1, 0.15) is 43.7 Å². The molecule has 2 N–H and O–H groups in total. The van der Waals surface area contributed by atoms with Gasteiger partial charge in [-0.2, -0.15) is 5.10 Å². The van der Waals surface area contributed by atoms with Crippen molar-refractivity contribution in [1.29, 1.82) is 0 Å². The minimum Gasteiger partial charge on any atom is -0.350 e. The SMILES string of the molecule is CC(=O)NC(C(=O)NCc1ccc(Cn2cncn2)cc1)C1CCCC1. The van der Waals surface area contributed by atoms with Crippen molar-refractivity contribution < 1.29 is 9.59 Å². The highest BCUT2D eigenvalue weighted by molar-refractivity contribution is 5.87. The Morgan fingerprint density at radius 3 is 2.50 bits per heavy atom. The Kier molecular flexibility index (Phi) is 5.99. The van der Waals surface area contributed by atoms with E-state index in [1.165, 1.54) is 13.3 Å². The number of rotatable bonds is 7. The van der Waals surface area contributed by atoms with Crippen LogP contribution in [0.3, 0.4) is 0 Å². The summed E-state index contributed by atoms with van der Waals surface area (Å²) >= 11 is 0. The van der Waals surface area contributed by atoms with Gasteiger partial charge in [-0.3, -0.25) is 9.59 Å². The summed E-state index contributed by atoms with van der Waals surface area (Å²) < 4.78 is 1.76. The molecule has 0 spiro atoms. The van der Waals surface area contributed by atoms with Crippen LogP contribution in [0.25, 0.3) is 0 Å². The molecular weight excluding hydrogens is 330 g/mol. The Morgan fingerprint density at radius 1 is 1.19 bits per heavy atom. The predicted octanol–water partition coefficient (Wildman–Crippen LogP) is 1.64. The number of aromatic nitrogens is 3. The van der Waals surface area contributed by atoms with E-state index in [2.05, 4.69) is 20.7 Å². The molecule has 1 aliphatic rings. The van der Waals surface area contributed by atoms with Crippen molar-refractivity contribution in [1.82, 2.24) is 25.4 Å². The molecule has 0 saturated heterocycles. The Hall–Kier alpha value is -2.70. The summed E-state index contributed by atoms with van der Waals surface area (Å²) in [6.45, 7) is 2.58. The predicted molar refractivity (Wildman–Crippen MR) is 97.0 cm³/mol. The fraction of sp³-hybridized carbons (Fsp3) is 0.474. The molecule has 0 radical (unpaired) electrons. The van der Waals surface area contributed by atoms with Crippen LogP contribution in [0.4, 0.5) is 0 Å². The number of carbonyl (C=O) groups excluding carboxylic acids is 2. The molecule has 1 heterocycles. The smallest absolute Gasteiger partial charge is 0.243 e. The van der Waals surface area contributed by atoms with Crippen molar-refractivity contribution in [2.24, 2.45) is 5.92 Å². The summed E-state index contributed by atoms with van der Waals surface area (Å²) in [5.41, 5.74) is 2.14. The maximum absolute atomic E-state index is 12.6. The zero-order valence-electron chi connectivity index (χ0n) is 15.0. The number of amides is 2. The minimum absolute atomic E-state index is 0.0983. The summed E-state index contributed by atoms with van der Waals surface area (Å²) in [6.07, 6.45) is 7.44. The molecular formula is C19H25N5O2. The number of benzene rings is 1. The molecule has 1 aliphatic carbocycles. The van der Waals surface area contributed by atoms with Crippen LogP contribution in [-0.2, 0) is 22.7 Å². The molecule has 2 aromatic rings. The standard InChI is InChI=1S/C19H25N5O2/c1-14(25)23-18(17-4-2-3-5-17)19(26)21-10-15-6-8-16(9-7-15)11-24-13-20-12-22-24/h6-9,12-13,17-18H,2-5,10-11H2,1H3,(H,21,26)(H,23,25). The lowest BCUT2D eigenvalue weighted by Gasteiger charge is -2.23. The maximum atomic E-state index is 12.6. The van der Waals surface area contributed by atoms with E-state index in [1.54, 1.807) is 11.0 Å². The van der Waals surface area contributed by atoms with E-state index in [1.807, 2.05) is 24.3 Å². The van der Waals surface area contributed by atoms with E-state index >= 15 is 0 Å². The van der Waals surface area contributed by atoms with Gasteiger partial charge in [-0.15, -0.1) is 0 Å². The van der Waals surface area contributed by atoms with Crippen molar-refractivity contribution >= 4 is 11.8 Å². The number of nitrogens with one attached hydrogen (secondary N) is 2. The second-order valence-electron chi connectivity index (χ2n) is 6.85. The Balaban J connectivity index is 1.54. The average Bonchev–Trinajstić information content (AvgIpc) is 3.32. The number of hydrogen-bond donors (Lipinski definition) is 2. The first-order valence-electron chi connectivity index (χ1n) is 9.07. The minimum atomic E-state index is -0.429. The van der Waals surface area contributed by atoms with Gasteiger partial charge >= 0.3 is 0 Å². The van der Waals surface area contributed by atoms with E-state index in [-0.39, 0.29) is 17.7 Å². The van der Waals surface area contributed by atoms with Crippen molar-refractivity contribution in [2.45, 2.75) is 51.7 Å². The zero-order chi connectivity index (χ0) is 18.4. The van der Waals surface area contributed by atoms with Crippen LogP contribution in [0.2, 0.25) is 0 Å². The molecule has 26 heavy (non-hydrogen) atoms. The second-order valence-corrected chi connectivity index (χ2v) is 6.85. The van der Waals surface area contributed by atoms with Crippen molar-refractivity contribution in [3.8, 4) is 0 Å². The molecule has 1 unspecified atom stereocenters. The van der Waals surface area contributed by atoms with Gasteiger partial charge in [-0.05, 0) is 29.9 Å². The molecule has 7 nitrogen and oxygen atoms in total. The van der Waals surface area contributed by atoms with Gasteiger partial charge in [-0.1, -0.05) is 37.1 Å². The van der Waals surface area contributed by atoms with E-state index in [9.17, 15) is 9.59 Å². The summed E-state index contributed by atoms with van der Waals surface area (Å²) in [5.74, 6) is -0.0164. The average molecular weight is 355 g/mol. The summed E-state index contributed by atoms with van der Waals surface area (Å²) in [5, 5.41) is 9.88. The lowest BCUT2D eigenvalue weighted by Crippen LogP contribution is -2.49. The normalized spacial score (nSPS) is 15.6. The van der Waals surface area contributed by atoms with Crippen LogP contribution in [0.15, 0.2) is 36.9 Å². The molecule has 1 fully saturated rings. The van der Waals surface area contributed by atoms with Gasteiger partial charge in [0.25, 0.3) is 0 Å². The third-order valence-electron chi connectivity index (χ3n) is 4.81. The lowest BCUT2D eigenvalue weighted by molar-refractivity contribution is -0.129. The van der Waals surface area contributed by atoms with Gasteiger partial charge in [0.1, 0.15) is 18.7 Å². The molecule has 1 atom stereocenters.